The fourth-order valence-electron chi connectivity index (χ4n) is 5.89. The number of methoxy groups -OCH3 is 1. The molecule has 1 saturated heterocycles. The molecule has 1 unspecified atom stereocenters. The fourth-order valence-corrected chi connectivity index (χ4v) is 5.89. The first-order valence-electron chi connectivity index (χ1n) is 15.7. The van der Waals surface area contributed by atoms with Gasteiger partial charge in [-0.3, -0.25) is 4.79 Å². The summed E-state index contributed by atoms with van der Waals surface area (Å²) in [6.45, 7) is 10.8. The molecule has 4 rings (SSSR count). The molecule has 1 N–H and O–H groups in total. The molecule has 0 bridgehead atoms. The van der Waals surface area contributed by atoms with E-state index in [2.05, 4.69) is 56.0 Å². The highest BCUT2D eigenvalue weighted by molar-refractivity contribution is 5.68. The molecule has 1 aliphatic carbocycles. The van der Waals surface area contributed by atoms with Gasteiger partial charge in [-0.2, -0.15) is 0 Å². The minimum absolute atomic E-state index is 0.0866. The summed E-state index contributed by atoms with van der Waals surface area (Å²) in [6.07, 6.45) is 7.98. The zero-order chi connectivity index (χ0) is 30.0. The highest BCUT2D eigenvalue weighted by Crippen LogP contribution is 2.45. The summed E-state index contributed by atoms with van der Waals surface area (Å²) in [6, 6.07) is 14.6. The maximum Gasteiger partial charge on any atom is 0.303 e. The number of carboxylic acids is 1. The zero-order valence-electron chi connectivity index (χ0n) is 26.1. The van der Waals surface area contributed by atoms with Gasteiger partial charge < -0.3 is 29.0 Å². The summed E-state index contributed by atoms with van der Waals surface area (Å²) in [7, 11) is 1.66. The lowest BCUT2D eigenvalue weighted by Crippen LogP contribution is -2.36. The van der Waals surface area contributed by atoms with Gasteiger partial charge in [-0.05, 0) is 97.4 Å². The number of benzene rings is 2. The maximum absolute atomic E-state index is 11.4. The van der Waals surface area contributed by atoms with Crippen molar-refractivity contribution < 1.29 is 28.8 Å². The molecule has 0 radical (unpaired) electrons. The van der Waals surface area contributed by atoms with Crippen molar-refractivity contribution in [2.45, 2.75) is 78.1 Å². The van der Waals surface area contributed by atoms with Gasteiger partial charge in [0.1, 0.15) is 11.5 Å². The number of rotatable bonds is 17. The molecule has 2 fully saturated rings. The molecule has 232 valence electrons. The number of hydrogen-bond acceptors (Lipinski definition) is 6. The summed E-state index contributed by atoms with van der Waals surface area (Å²) >= 11 is 0. The van der Waals surface area contributed by atoms with Gasteiger partial charge >= 0.3 is 5.97 Å². The van der Waals surface area contributed by atoms with Gasteiger partial charge in [-0.25, -0.2) is 0 Å². The van der Waals surface area contributed by atoms with Crippen molar-refractivity contribution in [1.29, 1.82) is 0 Å². The Morgan fingerprint density at radius 2 is 1.76 bits per heavy atom. The largest absolute Gasteiger partial charge is 0.493 e. The van der Waals surface area contributed by atoms with Crippen LogP contribution in [0.3, 0.4) is 0 Å². The molecular formula is C35H51NO6. The first-order chi connectivity index (χ1) is 20.2. The summed E-state index contributed by atoms with van der Waals surface area (Å²) in [4.78, 5) is 13.9. The van der Waals surface area contributed by atoms with Gasteiger partial charge in [0.15, 0.2) is 6.79 Å². The summed E-state index contributed by atoms with van der Waals surface area (Å²) in [5.41, 5.74) is 4.08. The van der Waals surface area contributed by atoms with Crippen LogP contribution in [0.5, 0.6) is 11.5 Å². The third kappa shape index (κ3) is 10.5. The Morgan fingerprint density at radius 3 is 2.45 bits per heavy atom. The van der Waals surface area contributed by atoms with Gasteiger partial charge in [-0.15, -0.1) is 0 Å². The number of aliphatic carboxylic acids is 1. The Kier molecular flexibility index (Phi) is 12.0. The number of hydrogen-bond donors (Lipinski definition) is 1. The molecule has 0 aromatic heterocycles. The van der Waals surface area contributed by atoms with Crippen molar-refractivity contribution >= 4 is 11.7 Å². The van der Waals surface area contributed by atoms with Gasteiger partial charge in [0.05, 0.1) is 26.2 Å². The topological polar surface area (TPSA) is 77.5 Å². The van der Waals surface area contributed by atoms with Crippen LogP contribution < -0.4 is 14.4 Å². The van der Waals surface area contributed by atoms with Gasteiger partial charge in [0, 0.05) is 32.0 Å². The maximum atomic E-state index is 11.4. The molecule has 42 heavy (non-hydrogen) atoms. The Morgan fingerprint density at radius 1 is 1.00 bits per heavy atom. The average molecular weight is 582 g/mol. The van der Waals surface area contributed by atoms with E-state index >= 15 is 0 Å². The first kappa shape index (κ1) is 32.2. The van der Waals surface area contributed by atoms with Crippen LogP contribution >= 0.6 is 0 Å². The lowest BCUT2D eigenvalue weighted by Gasteiger charge is -2.35. The van der Waals surface area contributed by atoms with Crippen molar-refractivity contribution in [2.24, 2.45) is 17.3 Å². The Hall–Kier alpha value is -2.77. The second-order valence-electron chi connectivity index (χ2n) is 13.2. The van der Waals surface area contributed by atoms with Crippen molar-refractivity contribution in [2.75, 3.05) is 51.7 Å². The highest BCUT2D eigenvalue weighted by atomic mass is 16.7. The van der Waals surface area contributed by atoms with Crippen LogP contribution in [-0.2, 0) is 20.7 Å². The molecule has 1 saturated carbocycles. The second-order valence-corrected chi connectivity index (χ2v) is 13.2. The summed E-state index contributed by atoms with van der Waals surface area (Å²) < 4.78 is 22.8. The van der Waals surface area contributed by atoms with E-state index in [4.69, 9.17) is 18.9 Å². The normalized spacial score (nSPS) is 16.8. The number of carbonyl (C=O) groups is 1. The minimum Gasteiger partial charge on any atom is -0.493 e. The van der Waals surface area contributed by atoms with E-state index in [0.29, 0.717) is 37.1 Å². The summed E-state index contributed by atoms with van der Waals surface area (Å²) in [5.74, 6) is 2.02. The summed E-state index contributed by atoms with van der Waals surface area (Å²) in [5, 5.41) is 9.39. The predicted octanol–water partition coefficient (Wildman–Crippen LogP) is 7.32. The lowest BCUT2D eigenvalue weighted by atomic mass is 9.88. The Bertz CT molecular complexity index is 1120. The van der Waals surface area contributed by atoms with Crippen LogP contribution in [-0.4, -0.2) is 57.9 Å². The molecule has 2 aromatic carbocycles. The third-order valence-electron chi connectivity index (χ3n) is 8.48. The molecule has 1 atom stereocenters. The molecule has 7 nitrogen and oxygen atoms in total. The van der Waals surface area contributed by atoms with Crippen LogP contribution in [0.25, 0.3) is 0 Å². The SMILES string of the molecule is COCCOCOc1ccc(CCCC(C)(C)C)c(N2CCC(COc3cccc(C(CC(=O)O)C4CC4)c3)CC2)c1. The molecule has 1 heterocycles. The van der Waals surface area contributed by atoms with E-state index in [9.17, 15) is 9.90 Å². The molecule has 7 heteroatoms. The van der Waals surface area contributed by atoms with E-state index < -0.39 is 5.97 Å². The number of ether oxygens (including phenoxy) is 4. The number of carboxylic acid groups (broad SMARTS) is 1. The molecule has 0 amide bonds. The van der Waals surface area contributed by atoms with Crippen molar-refractivity contribution in [3.05, 3.63) is 53.6 Å². The first-order valence-corrected chi connectivity index (χ1v) is 15.7. The quantitative estimate of drug-likeness (QED) is 0.155. The number of anilines is 1. The van der Waals surface area contributed by atoms with Crippen molar-refractivity contribution in [1.82, 2.24) is 0 Å². The molecule has 2 aromatic rings. The standard InChI is InChI=1S/C35H51NO6/c1-35(2,3)16-6-8-28-12-13-31(42-25-40-20-19-39-4)22-33(28)36-17-14-26(15-18-36)24-41-30-9-5-7-29(21-30)32(23-34(37)38)27-10-11-27/h5,7,9,12-13,21-22,26-27,32H,6,8,10-11,14-20,23-25H2,1-4H3,(H,37,38). The monoisotopic (exact) mass is 581 g/mol. The van der Waals surface area contributed by atoms with E-state index in [1.165, 1.54) is 17.7 Å². The van der Waals surface area contributed by atoms with Gasteiger partial charge in [0.2, 0.25) is 0 Å². The second kappa shape index (κ2) is 15.6. The Balaban J connectivity index is 1.33. The van der Waals surface area contributed by atoms with Crippen LogP contribution in [0.1, 0.15) is 82.8 Å². The Labute approximate surface area is 252 Å². The van der Waals surface area contributed by atoms with E-state index in [-0.39, 0.29) is 19.1 Å². The van der Waals surface area contributed by atoms with Gasteiger partial charge in [0.25, 0.3) is 0 Å². The average Bonchev–Trinajstić information content (AvgIpc) is 3.80. The van der Waals surface area contributed by atoms with Crippen LogP contribution in [0.4, 0.5) is 5.69 Å². The minimum atomic E-state index is -0.727. The third-order valence-corrected chi connectivity index (χ3v) is 8.48. The molecular weight excluding hydrogens is 530 g/mol. The van der Waals surface area contributed by atoms with Crippen LogP contribution in [0.15, 0.2) is 42.5 Å². The zero-order valence-corrected chi connectivity index (χ0v) is 26.1. The van der Waals surface area contributed by atoms with E-state index in [1.54, 1.807) is 7.11 Å². The molecule has 1 aliphatic heterocycles. The molecule has 2 aliphatic rings. The highest BCUT2D eigenvalue weighted by Gasteiger charge is 2.34. The smallest absolute Gasteiger partial charge is 0.303 e. The lowest BCUT2D eigenvalue weighted by molar-refractivity contribution is -0.137. The number of piperidine rings is 1. The van der Waals surface area contributed by atoms with E-state index in [0.717, 1.165) is 68.7 Å². The molecule has 0 spiro atoms. The van der Waals surface area contributed by atoms with Crippen molar-refractivity contribution in [3.8, 4) is 11.5 Å². The fraction of sp³-hybridized carbons (Fsp3) is 0.629. The predicted molar refractivity (Wildman–Crippen MR) is 167 cm³/mol. The van der Waals surface area contributed by atoms with E-state index in [1.807, 2.05) is 12.1 Å². The van der Waals surface area contributed by atoms with Crippen LogP contribution in [0, 0.1) is 17.3 Å². The van der Waals surface area contributed by atoms with Crippen molar-refractivity contribution in [3.63, 3.8) is 0 Å². The van der Waals surface area contributed by atoms with Crippen LogP contribution in [0.2, 0.25) is 0 Å². The number of aryl methyl sites for hydroxylation is 1. The van der Waals surface area contributed by atoms with Gasteiger partial charge in [-0.1, -0.05) is 39.0 Å². The number of nitrogens with zero attached hydrogens (tertiary/aromatic N) is 1.